The van der Waals surface area contributed by atoms with Gasteiger partial charge in [0.2, 0.25) is 0 Å². The van der Waals surface area contributed by atoms with E-state index >= 15 is 0 Å². The second-order valence-corrected chi connectivity index (χ2v) is 2.17. The number of hydrogen-bond acceptors (Lipinski definition) is 2. The van der Waals surface area contributed by atoms with E-state index in [0.717, 1.165) is 12.8 Å². The van der Waals surface area contributed by atoms with Crippen LogP contribution in [0.1, 0.15) is 12.8 Å². The molecule has 0 fully saturated rings. The maximum atomic E-state index is 8.51. The van der Waals surface area contributed by atoms with Gasteiger partial charge in [0.25, 0.3) is 0 Å². The maximum absolute atomic E-state index is 8.51. The molecular weight excluding hydrogens is 126 g/mol. The minimum absolute atomic E-state index is 0.0540. The van der Waals surface area contributed by atoms with Gasteiger partial charge < -0.3 is 10.8 Å². The van der Waals surface area contributed by atoms with Crippen molar-refractivity contribution in [2.45, 2.75) is 18.9 Å². The SMILES string of the molecule is C=CCC=CC[C@@H](N)CO. The smallest absolute Gasteiger partial charge is 0.0585 e. The molecule has 0 amide bonds. The van der Waals surface area contributed by atoms with Crippen molar-refractivity contribution in [3.8, 4) is 0 Å². The third-order valence-corrected chi connectivity index (χ3v) is 1.14. The van der Waals surface area contributed by atoms with Crippen LogP contribution in [0.5, 0.6) is 0 Å². The summed E-state index contributed by atoms with van der Waals surface area (Å²) in [6.45, 7) is 3.62. The van der Waals surface area contributed by atoms with E-state index in [1.165, 1.54) is 0 Å². The average Bonchev–Trinajstić information content (AvgIpc) is 1.98. The van der Waals surface area contributed by atoms with Gasteiger partial charge in [-0.25, -0.2) is 0 Å². The van der Waals surface area contributed by atoms with Crippen LogP contribution in [0.4, 0.5) is 0 Å². The Morgan fingerprint density at radius 2 is 2.20 bits per heavy atom. The molecular formula is C8H15NO. The largest absolute Gasteiger partial charge is 0.395 e. The van der Waals surface area contributed by atoms with Crippen molar-refractivity contribution in [3.63, 3.8) is 0 Å². The Morgan fingerprint density at radius 1 is 1.50 bits per heavy atom. The number of allylic oxidation sites excluding steroid dienone is 2. The van der Waals surface area contributed by atoms with E-state index in [2.05, 4.69) is 6.58 Å². The summed E-state index contributed by atoms with van der Waals surface area (Å²) >= 11 is 0. The fourth-order valence-electron chi connectivity index (χ4n) is 0.538. The van der Waals surface area contributed by atoms with Gasteiger partial charge in [-0.2, -0.15) is 0 Å². The van der Waals surface area contributed by atoms with Gasteiger partial charge in [0.05, 0.1) is 6.61 Å². The van der Waals surface area contributed by atoms with E-state index in [-0.39, 0.29) is 12.6 Å². The summed E-state index contributed by atoms with van der Waals surface area (Å²) in [5.41, 5.74) is 5.43. The van der Waals surface area contributed by atoms with E-state index < -0.39 is 0 Å². The van der Waals surface area contributed by atoms with Crippen molar-refractivity contribution >= 4 is 0 Å². The number of hydrogen-bond donors (Lipinski definition) is 2. The second-order valence-electron chi connectivity index (χ2n) is 2.17. The van der Waals surface area contributed by atoms with Crippen LogP contribution in [0.25, 0.3) is 0 Å². The summed E-state index contributed by atoms with van der Waals surface area (Å²) in [5, 5.41) is 8.51. The van der Waals surface area contributed by atoms with Crippen LogP contribution in [0, 0.1) is 0 Å². The molecule has 0 aromatic rings. The van der Waals surface area contributed by atoms with E-state index in [4.69, 9.17) is 10.8 Å². The molecule has 0 spiro atoms. The predicted octanol–water partition coefficient (Wildman–Crippen LogP) is 0.828. The first-order valence-corrected chi connectivity index (χ1v) is 3.43. The van der Waals surface area contributed by atoms with Gasteiger partial charge in [-0.05, 0) is 12.8 Å². The van der Waals surface area contributed by atoms with E-state index in [1.807, 2.05) is 18.2 Å². The molecule has 0 saturated carbocycles. The molecule has 1 atom stereocenters. The molecule has 3 N–H and O–H groups in total. The maximum Gasteiger partial charge on any atom is 0.0585 e. The highest BCUT2D eigenvalue weighted by atomic mass is 16.3. The summed E-state index contributed by atoms with van der Waals surface area (Å²) < 4.78 is 0. The van der Waals surface area contributed by atoms with Crippen LogP contribution in [0.15, 0.2) is 24.8 Å². The first-order chi connectivity index (χ1) is 4.81. The molecule has 0 saturated heterocycles. The van der Waals surface area contributed by atoms with Crippen LogP contribution in [0.3, 0.4) is 0 Å². The molecule has 0 radical (unpaired) electrons. The molecule has 58 valence electrons. The molecule has 10 heavy (non-hydrogen) atoms. The minimum atomic E-state index is -0.110. The predicted molar refractivity (Wildman–Crippen MR) is 43.6 cm³/mol. The molecule has 0 aromatic carbocycles. The van der Waals surface area contributed by atoms with Gasteiger partial charge in [-0.15, -0.1) is 6.58 Å². The lowest BCUT2D eigenvalue weighted by Gasteiger charge is -2.01. The van der Waals surface area contributed by atoms with E-state index in [9.17, 15) is 0 Å². The fourth-order valence-corrected chi connectivity index (χ4v) is 0.538. The van der Waals surface area contributed by atoms with E-state index in [1.54, 1.807) is 0 Å². The van der Waals surface area contributed by atoms with Crippen molar-refractivity contribution in [3.05, 3.63) is 24.8 Å². The average molecular weight is 141 g/mol. The van der Waals surface area contributed by atoms with Crippen LogP contribution < -0.4 is 5.73 Å². The first-order valence-electron chi connectivity index (χ1n) is 3.43. The molecule has 0 heterocycles. The summed E-state index contributed by atoms with van der Waals surface area (Å²) in [4.78, 5) is 0. The quantitative estimate of drug-likeness (QED) is 0.557. The lowest BCUT2D eigenvalue weighted by molar-refractivity contribution is 0.266. The van der Waals surface area contributed by atoms with Crippen molar-refractivity contribution in [2.75, 3.05) is 6.61 Å². The van der Waals surface area contributed by atoms with Crippen molar-refractivity contribution in [2.24, 2.45) is 5.73 Å². The van der Waals surface area contributed by atoms with Crippen LogP contribution >= 0.6 is 0 Å². The number of nitrogens with two attached hydrogens (primary N) is 1. The molecule has 2 nitrogen and oxygen atoms in total. The lowest BCUT2D eigenvalue weighted by atomic mass is 10.2. The molecule has 0 unspecified atom stereocenters. The van der Waals surface area contributed by atoms with Gasteiger partial charge in [0, 0.05) is 6.04 Å². The molecule has 0 bridgehead atoms. The second kappa shape index (κ2) is 6.52. The Labute approximate surface area is 62.0 Å². The molecule has 2 heteroatoms. The summed E-state index contributed by atoms with van der Waals surface area (Å²) in [5.74, 6) is 0. The van der Waals surface area contributed by atoms with E-state index in [0.29, 0.717) is 0 Å². The summed E-state index contributed by atoms with van der Waals surface area (Å²) in [6.07, 6.45) is 7.38. The van der Waals surface area contributed by atoms with Crippen LogP contribution in [-0.4, -0.2) is 17.8 Å². The molecule has 0 aliphatic heterocycles. The normalized spacial score (nSPS) is 13.8. The number of aliphatic hydroxyl groups is 1. The topological polar surface area (TPSA) is 46.2 Å². The van der Waals surface area contributed by atoms with Gasteiger partial charge in [0.15, 0.2) is 0 Å². The van der Waals surface area contributed by atoms with Gasteiger partial charge in [-0.3, -0.25) is 0 Å². The highest BCUT2D eigenvalue weighted by Gasteiger charge is 1.93. The zero-order valence-corrected chi connectivity index (χ0v) is 6.16. The standard InChI is InChI=1S/C8H15NO/c1-2-3-4-5-6-8(9)7-10/h2,4-5,8,10H,1,3,6-7,9H2/t8-/m1/s1. The highest BCUT2D eigenvalue weighted by Crippen LogP contribution is 1.90. The number of rotatable bonds is 5. The van der Waals surface area contributed by atoms with Crippen molar-refractivity contribution in [1.82, 2.24) is 0 Å². The molecule has 0 aliphatic rings. The Kier molecular flexibility index (Phi) is 6.13. The van der Waals surface area contributed by atoms with Crippen molar-refractivity contribution < 1.29 is 5.11 Å². The Hall–Kier alpha value is -0.600. The first kappa shape index (κ1) is 9.40. The number of aliphatic hydroxyl groups excluding tert-OH is 1. The fraction of sp³-hybridized carbons (Fsp3) is 0.500. The summed E-state index contributed by atoms with van der Waals surface area (Å²) in [6, 6.07) is -0.110. The Balaban J connectivity index is 3.24. The molecule has 0 aromatic heterocycles. The van der Waals surface area contributed by atoms with Gasteiger partial charge >= 0.3 is 0 Å². The van der Waals surface area contributed by atoms with Crippen LogP contribution in [0.2, 0.25) is 0 Å². The third-order valence-electron chi connectivity index (χ3n) is 1.14. The van der Waals surface area contributed by atoms with Crippen LogP contribution in [-0.2, 0) is 0 Å². The Morgan fingerprint density at radius 3 is 2.70 bits per heavy atom. The third kappa shape index (κ3) is 5.54. The van der Waals surface area contributed by atoms with Crippen molar-refractivity contribution in [1.29, 1.82) is 0 Å². The highest BCUT2D eigenvalue weighted by molar-refractivity contribution is 4.90. The molecule has 0 rings (SSSR count). The zero-order valence-electron chi connectivity index (χ0n) is 6.16. The minimum Gasteiger partial charge on any atom is -0.395 e. The Bertz CT molecular complexity index is 110. The van der Waals surface area contributed by atoms with Gasteiger partial charge in [0.1, 0.15) is 0 Å². The van der Waals surface area contributed by atoms with Gasteiger partial charge in [-0.1, -0.05) is 18.2 Å². The lowest BCUT2D eigenvalue weighted by Crippen LogP contribution is -2.22. The summed E-state index contributed by atoms with van der Waals surface area (Å²) in [7, 11) is 0. The monoisotopic (exact) mass is 141 g/mol. The molecule has 0 aliphatic carbocycles. The zero-order chi connectivity index (χ0) is 7.82.